The molecule has 0 heterocycles. The third kappa shape index (κ3) is 59.5. The molecular weight excluding hydrogens is 146 g/mol. The highest BCUT2D eigenvalue weighted by atomic mass is 16.4. The Labute approximate surface area is 64.9 Å². The van der Waals surface area contributed by atoms with Crippen LogP contribution in [0.15, 0.2) is 0 Å². The number of nitrogens with one attached hydrogen (secondary N) is 1. The molecule has 5 nitrogen and oxygen atoms in total. The Morgan fingerprint density at radius 1 is 1.45 bits per heavy atom. The van der Waals surface area contributed by atoms with Gasteiger partial charge in [-0.25, -0.2) is 0 Å². The lowest BCUT2D eigenvalue weighted by atomic mass is 10.6. The fraction of sp³-hybridized carbons (Fsp3) is 0.500. The number of hydrogen-bond donors (Lipinski definition) is 2. The van der Waals surface area contributed by atoms with E-state index in [1.54, 1.807) is 0 Å². The maximum absolute atomic E-state index is 9.00. The zero-order chi connectivity index (χ0) is 9.11. The van der Waals surface area contributed by atoms with Crippen molar-refractivity contribution in [2.45, 2.75) is 6.92 Å². The summed E-state index contributed by atoms with van der Waals surface area (Å²) in [4.78, 5) is 9.00. The van der Waals surface area contributed by atoms with Crippen molar-refractivity contribution in [3.63, 3.8) is 0 Å². The molecule has 0 aliphatic carbocycles. The van der Waals surface area contributed by atoms with E-state index in [-0.39, 0.29) is 13.1 Å². The maximum atomic E-state index is 9.00. The van der Waals surface area contributed by atoms with Gasteiger partial charge >= 0.3 is 0 Å². The van der Waals surface area contributed by atoms with E-state index in [4.69, 9.17) is 20.4 Å². The van der Waals surface area contributed by atoms with Crippen molar-refractivity contribution in [2.24, 2.45) is 0 Å². The van der Waals surface area contributed by atoms with Gasteiger partial charge < -0.3 is 5.11 Å². The molecular formula is C6H9N3O2. The summed E-state index contributed by atoms with van der Waals surface area (Å²) in [5, 5.41) is 25.7. The number of carboxylic acids is 1. The molecule has 0 aliphatic rings. The van der Waals surface area contributed by atoms with Crippen LogP contribution in [0.2, 0.25) is 0 Å². The van der Waals surface area contributed by atoms with Crippen LogP contribution >= 0.6 is 0 Å². The molecule has 0 atom stereocenters. The number of nitrogens with zero attached hydrogens (tertiary/aromatic N) is 2. The first-order valence-electron chi connectivity index (χ1n) is 2.79. The van der Waals surface area contributed by atoms with E-state index in [0.717, 1.165) is 6.92 Å². The Balaban J connectivity index is 0. The molecule has 0 spiro atoms. The lowest BCUT2D eigenvalue weighted by Gasteiger charge is -1.82. The number of rotatable bonds is 2. The molecule has 0 aromatic carbocycles. The van der Waals surface area contributed by atoms with Gasteiger partial charge in [-0.05, 0) is 0 Å². The second kappa shape index (κ2) is 11.2. The van der Waals surface area contributed by atoms with Crippen molar-refractivity contribution in [3.8, 4) is 12.1 Å². The zero-order valence-electron chi connectivity index (χ0n) is 6.16. The monoisotopic (exact) mass is 155 g/mol. The first kappa shape index (κ1) is 12.1. The molecule has 0 fully saturated rings. The SMILES string of the molecule is CC(=O)O.N#CCNCC#N. The molecule has 0 aromatic rings. The van der Waals surface area contributed by atoms with Crippen molar-refractivity contribution in [3.05, 3.63) is 0 Å². The van der Waals surface area contributed by atoms with Crippen LogP contribution in [0.25, 0.3) is 0 Å². The van der Waals surface area contributed by atoms with Crippen LogP contribution in [-0.2, 0) is 4.79 Å². The minimum atomic E-state index is -0.833. The first-order chi connectivity index (χ1) is 5.15. The van der Waals surface area contributed by atoms with Gasteiger partial charge in [-0.1, -0.05) is 0 Å². The van der Waals surface area contributed by atoms with Crippen LogP contribution in [0, 0.1) is 22.7 Å². The number of carboxylic acid groups (broad SMARTS) is 1. The summed E-state index contributed by atoms with van der Waals surface area (Å²) in [5.41, 5.74) is 0. The van der Waals surface area contributed by atoms with E-state index in [1.807, 2.05) is 12.1 Å². The van der Waals surface area contributed by atoms with E-state index < -0.39 is 5.97 Å². The first-order valence-corrected chi connectivity index (χ1v) is 2.79. The van der Waals surface area contributed by atoms with Crippen molar-refractivity contribution in [1.29, 1.82) is 10.5 Å². The number of aliphatic carboxylic acids is 1. The van der Waals surface area contributed by atoms with Gasteiger partial charge in [0.25, 0.3) is 5.97 Å². The predicted octanol–water partition coefficient (Wildman–Crippen LogP) is -0.286. The maximum Gasteiger partial charge on any atom is 0.300 e. The molecule has 0 saturated heterocycles. The molecule has 0 unspecified atom stereocenters. The Morgan fingerprint density at radius 3 is 1.91 bits per heavy atom. The topological polar surface area (TPSA) is 96.9 Å². The van der Waals surface area contributed by atoms with E-state index in [2.05, 4.69) is 5.32 Å². The third-order valence-corrected chi connectivity index (χ3v) is 0.408. The average Bonchev–Trinajstić information content (AvgIpc) is 1.88. The second-order valence-corrected chi connectivity index (χ2v) is 1.44. The normalized spacial score (nSPS) is 6.45. The summed E-state index contributed by atoms with van der Waals surface area (Å²) >= 11 is 0. The average molecular weight is 155 g/mol. The quantitative estimate of drug-likeness (QED) is 0.422. The molecule has 0 saturated carbocycles. The van der Waals surface area contributed by atoms with Crippen LogP contribution in [0.4, 0.5) is 0 Å². The molecule has 2 N–H and O–H groups in total. The van der Waals surface area contributed by atoms with Crippen molar-refractivity contribution >= 4 is 5.97 Å². The van der Waals surface area contributed by atoms with E-state index in [0.29, 0.717) is 0 Å². The minimum Gasteiger partial charge on any atom is -0.481 e. The van der Waals surface area contributed by atoms with Crippen molar-refractivity contribution in [1.82, 2.24) is 5.32 Å². The van der Waals surface area contributed by atoms with Crippen molar-refractivity contribution in [2.75, 3.05) is 13.1 Å². The molecule has 0 radical (unpaired) electrons. The molecule has 0 amide bonds. The lowest BCUT2D eigenvalue weighted by Crippen LogP contribution is -2.12. The highest BCUT2D eigenvalue weighted by Gasteiger charge is 1.74. The van der Waals surface area contributed by atoms with Gasteiger partial charge in [0.1, 0.15) is 0 Å². The second-order valence-electron chi connectivity index (χ2n) is 1.44. The fourth-order valence-electron chi connectivity index (χ4n) is 0.174. The number of carbonyl (C=O) groups is 1. The number of hydrogen-bond acceptors (Lipinski definition) is 4. The van der Waals surface area contributed by atoms with E-state index in [1.165, 1.54) is 0 Å². The fourth-order valence-corrected chi connectivity index (χ4v) is 0.174. The molecule has 0 bridgehead atoms. The molecule has 0 aliphatic heterocycles. The standard InChI is InChI=1S/C4H5N3.C2H4O2/c5-1-3-7-4-2-6;1-2(3)4/h7H,3-4H2;1H3,(H,3,4). The Bertz CT molecular complexity index is 159. The lowest BCUT2D eigenvalue weighted by molar-refractivity contribution is -0.134. The number of nitriles is 2. The summed E-state index contributed by atoms with van der Waals surface area (Å²) in [6.07, 6.45) is 0. The minimum absolute atomic E-state index is 0.258. The Morgan fingerprint density at radius 2 is 1.73 bits per heavy atom. The highest BCUT2D eigenvalue weighted by molar-refractivity contribution is 5.62. The largest absolute Gasteiger partial charge is 0.481 e. The van der Waals surface area contributed by atoms with Gasteiger partial charge in [0.05, 0.1) is 25.2 Å². The van der Waals surface area contributed by atoms with Gasteiger partial charge in [-0.2, -0.15) is 10.5 Å². The molecule has 0 aromatic heterocycles. The Kier molecular flexibility index (Phi) is 12.4. The van der Waals surface area contributed by atoms with E-state index in [9.17, 15) is 0 Å². The van der Waals surface area contributed by atoms with Gasteiger partial charge in [-0.15, -0.1) is 0 Å². The third-order valence-electron chi connectivity index (χ3n) is 0.408. The molecule has 0 rings (SSSR count). The summed E-state index contributed by atoms with van der Waals surface area (Å²) < 4.78 is 0. The van der Waals surface area contributed by atoms with E-state index >= 15 is 0 Å². The van der Waals surface area contributed by atoms with Crippen LogP contribution in [0.5, 0.6) is 0 Å². The summed E-state index contributed by atoms with van der Waals surface area (Å²) in [5.74, 6) is -0.833. The van der Waals surface area contributed by atoms with Gasteiger partial charge in [0.2, 0.25) is 0 Å². The highest BCUT2D eigenvalue weighted by Crippen LogP contribution is 1.50. The van der Waals surface area contributed by atoms with Gasteiger partial charge in [0.15, 0.2) is 0 Å². The summed E-state index contributed by atoms with van der Waals surface area (Å²) in [6, 6.07) is 3.68. The summed E-state index contributed by atoms with van der Waals surface area (Å²) in [6.45, 7) is 1.60. The predicted molar refractivity (Wildman–Crippen MR) is 37.4 cm³/mol. The van der Waals surface area contributed by atoms with Gasteiger partial charge in [0, 0.05) is 6.92 Å². The van der Waals surface area contributed by atoms with Crippen molar-refractivity contribution < 1.29 is 9.90 Å². The summed E-state index contributed by atoms with van der Waals surface area (Å²) in [7, 11) is 0. The van der Waals surface area contributed by atoms with Crippen LogP contribution in [0.1, 0.15) is 6.92 Å². The van der Waals surface area contributed by atoms with Gasteiger partial charge in [-0.3, -0.25) is 10.1 Å². The van der Waals surface area contributed by atoms with Crippen LogP contribution < -0.4 is 5.32 Å². The Hall–Kier alpha value is -1.59. The molecule has 11 heavy (non-hydrogen) atoms. The molecule has 60 valence electrons. The van der Waals surface area contributed by atoms with Crippen LogP contribution in [-0.4, -0.2) is 24.2 Å². The molecule has 5 heteroatoms. The zero-order valence-corrected chi connectivity index (χ0v) is 6.16. The van der Waals surface area contributed by atoms with Crippen LogP contribution in [0.3, 0.4) is 0 Å². The smallest absolute Gasteiger partial charge is 0.300 e.